The molecule has 0 fully saturated rings. The molecule has 0 unspecified atom stereocenters. The smallest absolute Gasteiger partial charge is 0.273 e. The maximum atomic E-state index is 12.4. The molecule has 24 heavy (non-hydrogen) atoms. The fourth-order valence-corrected chi connectivity index (χ4v) is 3.18. The molecule has 0 saturated carbocycles. The zero-order chi connectivity index (χ0) is 16.5. The number of amides is 1. The lowest BCUT2D eigenvalue weighted by molar-refractivity contribution is 0.102. The number of hydrogen-bond donors (Lipinski definition) is 2. The van der Waals surface area contributed by atoms with Crippen LogP contribution < -0.4 is 5.32 Å². The zero-order valence-corrected chi connectivity index (χ0v) is 13.9. The van der Waals surface area contributed by atoms with Crippen molar-refractivity contribution in [2.75, 3.05) is 5.32 Å². The first kappa shape index (κ1) is 14.9. The minimum atomic E-state index is -0.256. The molecule has 0 aliphatic carbocycles. The monoisotopic (exact) mass is 354 g/mol. The SMILES string of the molecule is O=C(Nc1nc(-c2ccccc2Cl)ns1)c1cc2ccccc2[nH]1. The molecular formula is C17H11ClN4OS. The van der Waals surface area contributed by atoms with E-state index < -0.39 is 0 Å². The van der Waals surface area contributed by atoms with Gasteiger partial charge in [0, 0.05) is 28.0 Å². The van der Waals surface area contributed by atoms with Crippen molar-refractivity contribution in [2.45, 2.75) is 0 Å². The lowest BCUT2D eigenvalue weighted by Gasteiger charge is -1.99. The van der Waals surface area contributed by atoms with Crippen molar-refractivity contribution in [1.82, 2.24) is 14.3 Å². The largest absolute Gasteiger partial charge is 0.351 e. The Morgan fingerprint density at radius 3 is 2.75 bits per heavy atom. The average Bonchev–Trinajstić information content (AvgIpc) is 3.22. The molecule has 118 valence electrons. The van der Waals surface area contributed by atoms with Crippen molar-refractivity contribution in [2.24, 2.45) is 0 Å². The molecule has 5 nitrogen and oxygen atoms in total. The summed E-state index contributed by atoms with van der Waals surface area (Å²) in [6, 6.07) is 16.9. The maximum absolute atomic E-state index is 12.4. The van der Waals surface area contributed by atoms with Gasteiger partial charge < -0.3 is 4.98 Å². The molecule has 2 aromatic carbocycles. The van der Waals surface area contributed by atoms with Gasteiger partial charge in [-0.1, -0.05) is 41.9 Å². The first-order valence-electron chi connectivity index (χ1n) is 7.18. The van der Waals surface area contributed by atoms with E-state index in [4.69, 9.17) is 11.6 Å². The third kappa shape index (κ3) is 2.77. The van der Waals surface area contributed by atoms with Crippen molar-refractivity contribution < 1.29 is 4.79 Å². The van der Waals surface area contributed by atoms with Crippen LogP contribution in [0.25, 0.3) is 22.3 Å². The van der Waals surface area contributed by atoms with Gasteiger partial charge in [0.1, 0.15) is 5.69 Å². The fourth-order valence-electron chi connectivity index (χ4n) is 2.39. The highest BCUT2D eigenvalue weighted by Crippen LogP contribution is 2.27. The number of rotatable bonds is 3. The van der Waals surface area contributed by atoms with Gasteiger partial charge in [0.25, 0.3) is 5.91 Å². The van der Waals surface area contributed by atoms with Gasteiger partial charge in [-0.15, -0.1) is 0 Å². The average molecular weight is 355 g/mol. The number of hydrogen-bond acceptors (Lipinski definition) is 4. The van der Waals surface area contributed by atoms with Gasteiger partial charge in [0.2, 0.25) is 5.13 Å². The van der Waals surface area contributed by atoms with Gasteiger partial charge in [-0.25, -0.2) is 0 Å². The Hall–Kier alpha value is -2.70. The number of benzene rings is 2. The molecule has 0 bridgehead atoms. The Morgan fingerprint density at radius 2 is 1.92 bits per heavy atom. The Bertz CT molecular complexity index is 1010. The number of nitrogens with zero attached hydrogens (tertiary/aromatic N) is 2. The standard InChI is InChI=1S/C17H11ClN4OS/c18-12-7-3-2-6-11(12)15-20-17(24-22-15)21-16(23)14-9-10-5-1-4-8-13(10)19-14/h1-9,19H,(H,20,21,22,23). The molecule has 4 aromatic rings. The van der Waals surface area contributed by atoms with Crippen molar-refractivity contribution >= 4 is 45.1 Å². The van der Waals surface area contributed by atoms with E-state index in [-0.39, 0.29) is 5.91 Å². The number of para-hydroxylation sites is 1. The summed E-state index contributed by atoms with van der Waals surface area (Å²) in [5.41, 5.74) is 2.13. The molecule has 0 aliphatic rings. The number of H-pyrrole nitrogens is 1. The molecule has 0 saturated heterocycles. The number of aromatic nitrogens is 3. The van der Waals surface area contributed by atoms with Gasteiger partial charge >= 0.3 is 0 Å². The summed E-state index contributed by atoms with van der Waals surface area (Å²) in [7, 11) is 0. The highest BCUT2D eigenvalue weighted by atomic mass is 35.5. The van der Waals surface area contributed by atoms with E-state index in [0.717, 1.165) is 28.0 Å². The number of fused-ring (bicyclic) bond motifs is 1. The maximum Gasteiger partial charge on any atom is 0.273 e. The molecule has 1 amide bonds. The van der Waals surface area contributed by atoms with Crippen LogP contribution in [0.15, 0.2) is 54.6 Å². The van der Waals surface area contributed by atoms with E-state index in [2.05, 4.69) is 19.7 Å². The third-order valence-corrected chi connectivity index (χ3v) is 4.50. The van der Waals surface area contributed by atoms with Gasteiger partial charge in [-0.3, -0.25) is 10.1 Å². The third-order valence-electron chi connectivity index (χ3n) is 3.54. The number of carbonyl (C=O) groups is 1. The summed E-state index contributed by atoms with van der Waals surface area (Å²) in [6.45, 7) is 0. The summed E-state index contributed by atoms with van der Waals surface area (Å²) in [5, 5.41) is 4.74. The molecule has 4 rings (SSSR count). The van der Waals surface area contributed by atoms with Crippen LogP contribution in [-0.4, -0.2) is 20.2 Å². The summed E-state index contributed by atoms with van der Waals surface area (Å²) in [4.78, 5) is 19.8. The molecular weight excluding hydrogens is 344 g/mol. The first-order chi connectivity index (χ1) is 11.7. The molecule has 0 spiro atoms. The summed E-state index contributed by atoms with van der Waals surface area (Å²) >= 11 is 7.26. The van der Waals surface area contributed by atoms with Crippen LogP contribution in [0.2, 0.25) is 5.02 Å². The van der Waals surface area contributed by atoms with E-state index in [0.29, 0.717) is 21.7 Å². The minimum absolute atomic E-state index is 0.256. The van der Waals surface area contributed by atoms with Crippen LogP contribution in [0.3, 0.4) is 0 Å². The van der Waals surface area contributed by atoms with E-state index in [1.807, 2.05) is 42.5 Å². The summed E-state index contributed by atoms with van der Waals surface area (Å²) in [6.07, 6.45) is 0. The summed E-state index contributed by atoms with van der Waals surface area (Å²) < 4.78 is 4.26. The Morgan fingerprint density at radius 1 is 1.12 bits per heavy atom. The van der Waals surface area contributed by atoms with Gasteiger partial charge in [0.05, 0.1) is 5.02 Å². The van der Waals surface area contributed by atoms with E-state index in [9.17, 15) is 4.79 Å². The molecule has 0 radical (unpaired) electrons. The second-order valence-corrected chi connectivity index (χ2v) is 6.29. The minimum Gasteiger partial charge on any atom is -0.351 e. The normalized spacial score (nSPS) is 10.9. The zero-order valence-electron chi connectivity index (χ0n) is 12.3. The van der Waals surface area contributed by atoms with E-state index >= 15 is 0 Å². The lowest BCUT2D eigenvalue weighted by atomic mass is 10.2. The van der Waals surface area contributed by atoms with E-state index in [1.165, 1.54) is 0 Å². The molecule has 7 heteroatoms. The quantitative estimate of drug-likeness (QED) is 0.565. The molecule has 2 aromatic heterocycles. The van der Waals surface area contributed by atoms with Crippen molar-refractivity contribution in [3.63, 3.8) is 0 Å². The van der Waals surface area contributed by atoms with Crippen molar-refractivity contribution in [1.29, 1.82) is 0 Å². The van der Waals surface area contributed by atoms with Crippen LogP contribution in [-0.2, 0) is 0 Å². The van der Waals surface area contributed by atoms with Crippen LogP contribution in [0.4, 0.5) is 5.13 Å². The topological polar surface area (TPSA) is 70.7 Å². The number of halogens is 1. The first-order valence-corrected chi connectivity index (χ1v) is 8.33. The van der Waals surface area contributed by atoms with Crippen molar-refractivity contribution in [3.05, 3.63) is 65.3 Å². The Kier molecular flexibility index (Phi) is 3.76. The molecule has 2 heterocycles. The Balaban J connectivity index is 1.57. The van der Waals surface area contributed by atoms with Gasteiger partial charge in [-0.2, -0.15) is 9.36 Å². The van der Waals surface area contributed by atoms with Crippen LogP contribution >= 0.6 is 23.1 Å². The predicted molar refractivity (Wildman–Crippen MR) is 96.6 cm³/mol. The number of nitrogens with one attached hydrogen (secondary N) is 2. The fraction of sp³-hybridized carbons (Fsp3) is 0. The Labute approximate surface area is 146 Å². The highest BCUT2D eigenvalue weighted by molar-refractivity contribution is 7.10. The lowest BCUT2D eigenvalue weighted by Crippen LogP contribution is -2.11. The van der Waals surface area contributed by atoms with Crippen LogP contribution in [0.5, 0.6) is 0 Å². The van der Waals surface area contributed by atoms with Gasteiger partial charge in [-0.05, 0) is 24.3 Å². The number of aromatic amines is 1. The molecule has 0 atom stereocenters. The van der Waals surface area contributed by atoms with Crippen LogP contribution in [0.1, 0.15) is 10.5 Å². The summed E-state index contributed by atoms with van der Waals surface area (Å²) in [5.74, 6) is 0.241. The van der Waals surface area contributed by atoms with E-state index in [1.54, 1.807) is 12.1 Å². The highest BCUT2D eigenvalue weighted by Gasteiger charge is 2.14. The number of carbonyl (C=O) groups excluding carboxylic acids is 1. The molecule has 2 N–H and O–H groups in total. The second-order valence-electron chi connectivity index (χ2n) is 5.13. The van der Waals surface area contributed by atoms with Crippen LogP contribution in [0, 0.1) is 0 Å². The van der Waals surface area contributed by atoms with Gasteiger partial charge in [0.15, 0.2) is 5.82 Å². The second kappa shape index (κ2) is 6.07. The predicted octanol–water partition coefficient (Wildman–Crippen LogP) is 4.59. The molecule has 0 aliphatic heterocycles. The van der Waals surface area contributed by atoms with Crippen molar-refractivity contribution in [3.8, 4) is 11.4 Å². The number of anilines is 1.